The smallest absolute Gasteiger partial charge is 0.230 e. The first-order chi connectivity index (χ1) is 6.07. The van der Waals surface area contributed by atoms with Crippen LogP contribution in [-0.4, -0.2) is 35.1 Å². The van der Waals surface area contributed by atoms with Crippen molar-refractivity contribution in [3.63, 3.8) is 0 Å². The maximum Gasteiger partial charge on any atom is 0.230 e. The first kappa shape index (κ1) is 9.85. The molecule has 72 valence electrons. The van der Waals surface area contributed by atoms with Gasteiger partial charge in [-0.25, -0.2) is 0 Å². The average molecular weight is 184 g/mol. The molecule has 1 unspecified atom stereocenters. The summed E-state index contributed by atoms with van der Waals surface area (Å²) in [6, 6.07) is -0.762. The molecule has 2 amide bonds. The zero-order valence-electron chi connectivity index (χ0n) is 7.45. The van der Waals surface area contributed by atoms with Crippen LogP contribution in [0.1, 0.15) is 19.8 Å². The Hall–Kier alpha value is -1.23. The lowest BCUT2D eigenvalue weighted by Crippen LogP contribution is -2.47. The fourth-order valence-corrected chi connectivity index (χ4v) is 1.39. The van der Waals surface area contributed by atoms with Crippen LogP contribution in [0.2, 0.25) is 0 Å². The highest BCUT2D eigenvalue weighted by Gasteiger charge is 2.36. The van der Waals surface area contributed by atoms with Crippen LogP contribution in [0, 0.1) is 0 Å². The molecule has 5 nitrogen and oxygen atoms in total. The van der Waals surface area contributed by atoms with Gasteiger partial charge >= 0.3 is 0 Å². The van der Waals surface area contributed by atoms with E-state index >= 15 is 0 Å². The van der Waals surface area contributed by atoms with Gasteiger partial charge in [0.2, 0.25) is 11.8 Å². The first-order valence-corrected chi connectivity index (χ1v) is 4.13. The zero-order valence-corrected chi connectivity index (χ0v) is 7.45. The van der Waals surface area contributed by atoms with E-state index < -0.39 is 6.04 Å². The minimum atomic E-state index is -0.762. The van der Waals surface area contributed by atoms with Crippen LogP contribution in [-0.2, 0) is 14.4 Å². The largest absolute Gasteiger partial charge is 0.328 e. The minimum Gasteiger partial charge on any atom is -0.328 e. The minimum absolute atomic E-state index is 0.00676. The van der Waals surface area contributed by atoms with Crippen LogP contribution in [0.4, 0.5) is 0 Å². The van der Waals surface area contributed by atoms with E-state index in [1.165, 1.54) is 6.92 Å². The lowest BCUT2D eigenvalue weighted by molar-refractivity contribution is -0.145. The Morgan fingerprint density at radius 3 is 2.23 bits per heavy atom. The molecule has 1 fully saturated rings. The molecule has 0 aliphatic carbocycles. The molecular formula is C8H12N2O3. The summed E-state index contributed by atoms with van der Waals surface area (Å²) in [5.74, 6) is -0.836. The maximum atomic E-state index is 11.2. The number of hydrogen-bond acceptors (Lipinski definition) is 4. The predicted molar refractivity (Wildman–Crippen MR) is 44.6 cm³/mol. The Kier molecular flexibility index (Phi) is 2.77. The number of Topliss-reactive ketones (excluding diaryl/α,β-unsaturated/α-hetero) is 1. The third-order valence-electron chi connectivity index (χ3n) is 2.09. The molecule has 1 aliphatic rings. The van der Waals surface area contributed by atoms with Gasteiger partial charge < -0.3 is 5.73 Å². The fraction of sp³-hybridized carbons (Fsp3) is 0.625. The summed E-state index contributed by atoms with van der Waals surface area (Å²) >= 11 is 0. The van der Waals surface area contributed by atoms with Crippen molar-refractivity contribution in [2.45, 2.75) is 25.8 Å². The number of carbonyl (C=O) groups excluding carboxylic acids is 3. The van der Waals surface area contributed by atoms with Crippen molar-refractivity contribution in [1.82, 2.24) is 4.90 Å². The van der Waals surface area contributed by atoms with Gasteiger partial charge in [-0.05, 0) is 6.92 Å². The predicted octanol–water partition coefficient (Wildman–Crippen LogP) is -0.948. The Labute approximate surface area is 75.9 Å². The Morgan fingerprint density at radius 2 is 1.92 bits per heavy atom. The molecule has 1 aliphatic heterocycles. The Balaban J connectivity index is 2.84. The number of ketones is 1. The summed E-state index contributed by atoms with van der Waals surface area (Å²) in [6.07, 6.45) is 0.394. The van der Waals surface area contributed by atoms with E-state index in [1.807, 2.05) is 0 Å². The second kappa shape index (κ2) is 3.66. The van der Waals surface area contributed by atoms with Crippen molar-refractivity contribution in [2.24, 2.45) is 5.73 Å². The van der Waals surface area contributed by atoms with Gasteiger partial charge in [0, 0.05) is 19.4 Å². The highest BCUT2D eigenvalue weighted by atomic mass is 16.2. The number of nitrogens with two attached hydrogens (primary N) is 1. The number of carbonyl (C=O) groups is 3. The van der Waals surface area contributed by atoms with E-state index in [9.17, 15) is 14.4 Å². The molecule has 0 saturated carbocycles. The summed E-state index contributed by atoms with van der Waals surface area (Å²) in [5.41, 5.74) is 5.31. The molecule has 1 heterocycles. The normalized spacial score (nSPS) is 19.4. The van der Waals surface area contributed by atoms with Gasteiger partial charge in [-0.1, -0.05) is 0 Å². The summed E-state index contributed by atoms with van der Waals surface area (Å²) in [6.45, 7) is 1.34. The van der Waals surface area contributed by atoms with E-state index in [1.54, 1.807) is 0 Å². The molecule has 0 aromatic carbocycles. The summed E-state index contributed by atoms with van der Waals surface area (Å²) < 4.78 is 0. The van der Waals surface area contributed by atoms with E-state index in [2.05, 4.69) is 0 Å². The van der Waals surface area contributed by atoms with Gasteiger partial charge in [0.05, 0.1) is 0 Å². The maximum absolute atomic E-state index is 11.2. The van der Waals surface area contributed by atoms with Gasteiger partial charge in [0.25, 0.3) is 0 Å². The molecule has 0 bridgehead atoms. The lowest BCUT2D eigenvalue weighted by Gasteiger charge is -2.21. The van der Waals surface area contributed by atoms with Crippen molar-refractivity contribution in [3.05, 3.63) is 0 Å². The van der Waals surface area contributed by atoms with Crippen molar-refractivity contribution >= 4 is 17.6 Å². The fourth-order valence-electron chi connectivity index (χ4n) is 1.39. The van der Waals surface area contributed by atoms with Crippen LogP contribution in [0.3, 0.4) is 0 Å². The third kappa shape index (κ3) is 1.75. The van der Waals surface area contributed by atoms with Crippen LogP contribution in [0.15, 0.2) is 0 Å². The molecule has 0 radical (unpaired) electrons. The van der Waals surface area contributed by atoms with Gasteiger partial charge in [0.15, 0.2) is 5.78 Å². The second-order valence-corrected chi connectivity index (χ2v) is 3.02. The van der Waals surface area contributed by atoms with Gasteiger partial charge in [-0.2, -0.15) is 0 Å². The molecular weight excluding hydrogens is 172 g/mol. The summed E-state index contributed by atoms with van der Waals surface area (Å²) in [5, 5.41) is 0. The van der Waals surface area contributed by atoms with Crippen LogP contribution in [0.25, 0.3) is 0 Å². The van der Waals surface area contributed by atoms with Gasteiger partial charge in [0.1, 0.15) is 6.04 Å². The molecule has 0 aromatic heterocycles. The molecule has 0 spiro atoms. The standard InChI is InChI=1S/C8H12N2O3/c1-5(11)6(4-9)10-7(12)2-3-8(10)13/h6H,2-4,9H2,1H3. The van der Waals surface area contributed by atoms with Gasteiger partial charge in [-0.15, -0.1) is 0 Å². The molecule has 13 heavy (non-hydrogen) atoms. The quantitative estimate of drug-likeness (QED) is 0.573. The lowest BCUT2D eigenvalue weighted by atomic mass is 10.2. The van der Waals surface area contributed by atoms with E-state index in [-0.39, 0.29) is 37.0 Å². The highest BCUT2D eigenvalue weighted by molar-refractivity contribution is 6.05. The Morgan fingerprint density at radius 1 is 1.46 bits per heavy atom. The Bertz CT molecular complexity index is 246. The first-order valence-electron chi connectivity index (χ1n) is 4.13. The second-order valence-electron chi connectivity index (χ2n) is 3.02. The molecule has 0 aromatic rings. The summed E-state index contributed by atoms with van der Waals surface area (Å²) in [4.78, 5) is 34.4. The van der Waals surface area contributed by atoms with Crippen LogP contribution in [0.5, 0.6) is 0 Å². The molecule has 1 atom stereocenters. The number of hydrogen-bond donors (Lipinski definition) is 1. The van der Waals surface area contributed by atoms with Crippen molar-refractivity contribution in [1.29, 1.82) is 0 Å². The zero-order chi connectivity index (χ0) is 10.0. The topological polar surface area (TPSA) is 80.5 Å². The molecule has 1 rings (SSSR count). The van der Waals surface area contributed by atoms with E-state index in [0.717, 1.165) is 4.90 Å². The van der Waals surface area contributed by atoms with Gasteiger partial charge in [-0.3, -0.25) is 19.3 Å². The molecule has 2 N–H and O–H groups in total. The number of amides is 2. The molecule has 5 heteroatoms. The van der Waals surface area contributed by atoms with Crippen LogP contribution >= 0.6 is 0 Å². The SMILES string of the molecule is CC(=O)C(CN)N1C(=O)CCC1=O. The number of likely N-dealkylation sites (tertiary alicyclic amines) is 1. The van der Waals surface area contributed by atoms with Crippen molar-refractivity contribution in [3.8, 4) is 0 Å². The van der Waals surface area contributed by atoms with E-state index in [4.69, 9.17) is 5.73 Å². The molecule has 1 saturated heterocycles. The highest BCUT2D eigenvalue weighted by Crippen LogP contribution is 2.15. The average Bonchev–Trinajstić information content (AvgIpc) is 2.36. The van der Waals surface area contributed by atoms with Crippen molar-refractivity contribution < 1.29 is 14.4 Å². The number of imide groups is 1. The number of nitrogens with zero attached hydrogens (tertiary/aromatic N) is 1. The van der Waals surface area contributed by atoms with Crippen molar-refractivity contribution in [2.75, 3.05) is 6.54 Å². The monoisotopic (exact) mass is 184 g/mol. The third-order valence-corrected chi connectivity index (χ3v) is 2.09. The summed E-state index contributed by atoms with van der Waals surface area (Å²) in [7, 11) is 0. The number of rotatable bonds is 3. The van der Waals surface area contributed by atoms with Crippen LogP contribution < -0.4 is 5.73 Å². The van der Waals surface area contributed by atoms with E-state index in [0.29, 0.717) is 0 Å².